The van der Waals surface area contributed by atoms with E-state index >= 15 is 0 Å². The molecule has 0 fully saturated rings. The maximum Gasteiger partial charge on any atom is 0.257 e. The summed E-state index contributed by atoms with van der Waals surface area (Å²) in [7, 11) is 1.78. The number of aromatic nitrogens is 1. The van der Waals surface area contributed by atoms with Gasteiger partial charge in [-0.25, -0.2) is 4.98 Å². The Bertz CT molecular complexity index is 451. The van der Waals surface area contributed by atoms with Crippen molar-refractivity contribution in [3.63, 3.8) is 0 Å². The van der Waals surface area contributed by atoms with Crippen LogP contribution in [0.15, 0.2) is 16.7 Å². The largest absolute Gasteiger partial charge is 0.372 e. The molecule has 20 heavy (non-hydrogen) atoms. The number of rotatable bonds is 7. The first-order valence-electron chi connectivity index (χ1n) is 7.19. The fourth-order valence-electron chi connectivity index (χ4n) is 2.03. The van der Waals surface area contributed by atoms with Gasteiger partial charge in [-0.3, -0.25) is 4.79 Å². The van der Waals surface area contributed by atoms with Gasteiger partial charge < -0.3 is 10.2 Å². The van der Waals surface area contributed by atoms with E-state index < -0.39 is 0 Å². The molecule has 1 aromatic heterocycles. The van der Waals surface area contributed by atoms with Gasteiger partial charge in [-0.2, -0.15) is 0 Å². The van der Waals surface area contributed by atoms with Crippen LogP contribution in [-0.4, -0.2) is 35.4 Å². The Hall–Kier alpha value is -1.10. The number of hydrogen-bond acceptors (Lipinski definition) is 3. The fourth-order valence-corrected chi connectivity index (χ4v) is 2.36. The van der Waals surface area contributed by atoms with Gasteiger partial charge in [0, 0.05) is 30.3 Å². The molecule has 1 heterocycles. The van der Waals surface area contributed by atoms with Crippen LogP contribution >= 0.6 is 15.9 Å². The first-order chi connectivity index (χ1) is 9.54. The number of carbonyl (C=O) groups excluding carboxylic acids is 1. The lowest BCUT2D eigenvalue weighted by molar-refractivity contribution is 0.0686. The minimum Gasteiger partial charge on any atom is -0.372 e. The van der Waals surface area contributed by atoms with Crippen molar-refractivity contribution >= 4 is 27.7 Å². The third-order valence-corrected chi connectivity index (χ3v) is 3.89. The molecule has 0 aliphatic rings. The van der Waals surface area contributed by atoms with E-state index in [2.05, 4.69) is 47.0 Å². The number of carbonyl (C=O) groups is 1. The SMILES string of the molecule is CCCCN(C(=O)c1cc(Br)cnc1NC)C(C)CC. The summed E-state index contributed by atoms with van der Waals surface area (Å²) < 4.78 is 0.819. The molecule has 0 bridgehead atoms. The molecular weight excluding hydrogens is 318 g/mol. The van der Waals surface area contributed by atoms with Crippen molar-refractivity contribution in [1.82, 2.24) is 9.88 Å². The second kappa shape index (κ2) is 8.25. The summed E-state index contributed by atoms with van der Waals surface area (Å²) >= 11 is 3.39. The van der Waals surface area contributed by atoms with Crippen LogP contribution in [0.1, 0.15) is 50.4 Å². The summed E-state index contributed by atoms with van der Waals surface area (Å²) in [4.78, 5) is 19.0. The molecule has 1 atom stereocenters. The molecule has 0 radical (unpaired) electrons. The van der Waals surface area contributed by atoms with Crippen molar-refractivity contribution in [2.45, 2.75) is 46.1 Å². The summed E-state index contributed by atoms with van der Waals surface area (Å²) in [5.74, 6) is 0.675. The Morgan fingerprint density at radius 2 is 2.20 bits per heavy atom. The van der Waals surface area contributed by atoms with Gasteiger partial charge in [-0.05, 0) is 41.8 Å². The average molecular weight is 342 g/mol. The van der Waals surface area contributed by atoms with E-state index in [1.54, 1.807) is 13.2 Å². The maximum absolute atomic E-state index is 12.8. The molecule has 1 unspecified atom stereocenters. The lowest BCUT2D eigenvalue weighted by Gasteiger charge is -2.29. The number of unbranched alkanes of at least 4 members (excludes halogenated alkanes) is 1. The van der Waals surface area contributed by atoms with E-state index in [0.29, 0.717) is 11.4 Å². The molecule has 0 aliphatic carbocycles. The first-order valence-corrected chi connectivity index (χ1v) is 7.98. The van der Waals surface area contributed by atoms with Crippen LogP contribution < -0.4 is 5.32 Å². The minimum atomic E-state index is 0.0472. The first kappa shape index (κ1) is 17.0. The van der Waals surface area contributed by atoms with Crippen LogP contribution in [0.2, 0.25) is 0 Å². The summed E-state index contributed by atoms with van der Waals surface area (Å²) in [6, 6.07) is 2.07. The zero-order valence-corrected chi connectivity index (χ0v) is 14.3. The highest BCUT2D eigenvalue weighted by molar-refractivity contribution is 9.10. The van der Waals surface area contributed by atoms with Gasteiger partial charge in [0.25, 0.3) is 5.91 Å². The number of amides is 1. The molecule has 0 spiro atoms. The lowest BCUT2D eigenvalue weighted by atomic mass is 10.1. The number of halogens is 1. The maximum atomic E-state index is 12.8. The minimum absolute atomic E-state index is 0.0472. The van der Waals surface area contributed by atoms with E-state index in [9.17, 15) is 4.79 Å². The Morgan fingerprint density at radius 1 is 1.50 bits per heavy atom. The quantitative estimate of drug-likeness (QED) is 0.817. The standard InChI is InChI=1S/C15H24BrN3O/c1-5-7-8-19(11(3)6-2)15(20)13-9-12(16)10-18-14(13)17-4/h9-11H,5-8H2,1-4H3,(H,17,18). The molecule has 1 aromatic rings. The Kier molecular flexibility index (Phi) is 6.99. The van der Waals surface area contributed by atoms with Gasteiger partial charge in [0.05, 0.1) is 5.56 Å². The van der Waals surface area contributed by atoms with Gasteiger partial charge in [-0.1, -0.05) is 20.3 Å². The van der Waals surface area contributed by atoms with Crippen molar-refractivity contribution in [3.05, 3.63) is 22.3 Å². The smallest absolute Gasteiger partial charge is 0.257 e. The van der Waals surface area contributed by atoms with Gasteiger partial charge >= 0.3 is 0 Å². The molecule has 1 N–H and O–H groups in total. The summed E-state index contributed by atoms with van der Waals surface area (Å²) in [5, 5.41) is 2.99. The number of pyridine rings is 1. The van der Waals surface area contributed by atoms with Crippen molar-refractivity contribution in [2.75, 3.05) is 18.9 Å². The van der Waals surface area contributed by atoms with E-state index in [0.717, 1.165) is 30.3 Å². The normalized spacial score (nSPS) is 12.1. The third-order valence-electron chi connectivity index (χ3n) is 3.46. The zero-order valence-electron chi connectivity index (χ0n) is 12.7. The van der Waals surface area contributed by atoms with Crippen LogP contribution in [0.4, 0.5) is 5.82 Å². The summed E-state index contributed by atoms with van der Waals surface area (Å²) in [6.07, 6.45) is 4.75. The van der Waals surface area contributed by atoms with Crippen molar-refractivity contribution in [2.24, 2.45) is 0 Å². The highest BCUT2D eigenvalue weighted by Crippen LogP contribution is 2.21. The Labute approximate surface area is 130 Å². The van der Waals surface area contributed by atoms with Crippen LogP contribution in [0.25, 0.3) is 0 Å². The molecule has 112 valence electrons. The van der Waals surface area contributed by atoms with Crippen LogP contribution in [0.3, 0.4) is 0 Å². The van der Waals surface area contributed by atoms with Gasteiger partial charge in [-0.15, -0.1) is 0 Å². The van der Waals surface area contributed by atoms with Crippen molar-refractivity contribution in [3.8, 4) is 0 Å². The van der Waals surface area contributed by atoms with Gasteiger partial charge in [0.15, 0.2) is 0 Å². The van der Waals surface area contributed by atoms with Crippen LogP contribution in [0.5, 0.6) is 0 Å². The molecule has 0 saturated heterocycles. The van der Waals surface area contributed by atoms with Crippen LogP contribution in [-0.2, 0) is 0 Å². The van der Waals surface area contributed by atoms with E-state index in [-0.39, 0.29) is 11.9 Å². The molecular formula is C15H24BrN3O. The predicted molar refractivity (Wildman–Crippen MR) is 87.2 cm³/mol. The topological polar surface area (TPSA) is 45.2 Å². The molecule has 4 nitrogen and oxygen atoms in total. The van der Waals surface area contributed by atoms with Gasteiger partial charge in [0.1, 0.15) is 5.82 Å². The zero-order chi connectivity index (χ0) is 15.1. The number of anilines is 1. The van der Waals surface area contributed by atoms with Crippen molar-refractivity contribution < 1.29 is 4.79 Å². The average Bonchev–Trinajstić information content (AvgIpc) is 2.46. The van der Waals surface area contributed by atoms with Gasteiger partial charge in [0.2, 0.25) is 0 Å². The molecule has 0 aromatic carbocycles. The van der Waals surface area contributed by atoms with Crippen molar-refractivity contribution in [1.29, 1.82) is 0 Å². The molecule has 0 saturated carbocycles. The molecule has 1 amide bonds. The Balaban J connectivity index is 3.07. The number of nitrogens with zero attached hydrogens (tertiary/aromatic N) is 2. The number of hydrogen-bond donors (Lipinski definition) is 1. The summed E-state index contributed by atoms with van der Waals surface area (Å²) in [6.45, 7) is 7.13. The van der Waals surface area contributed by atoms with E-state index in [1.165, 1.54) is 0 Å². The molecule has 1 rings (SSSR count). The third kappa shape index (κ3) is 4.20. The fraction of sp³-hybridized carbons (Fsp3) is 0.600. The summed E-state index contributed by atoms with van der Waals surface area (Å²) in [5.41, 5.74) is 0.623. The second-order valence-corrected chi connectivity index (χ2v) is 5.82. The molecule has 0 aliphatic heterocycles. The van der Waals surface area contributed by atoms with E-state index in [4.69, 9.17) is 0 Å². The monoisotopic (exact) mass is 341 g/mol. The molecule has 5 heteroatoms. The predicted octanol–water partition coefficient (Wildman–Crippen LogP) is 3.93. The second-order valence-electron chi connectivity index (χ2n) is 4.91. The lowest BCUT2D eigenvalue weighted by Crippen LogP contribution is -2.39. The Morgan fingerprint density at radius 3 is 2.75 bits per heavy atom. The van der Waals surface area contributed by atoms with E-state index in [1.807, 2.05) is 11.0 Å². The highest BCUT2D eigenvalue weighted by Gasteiger charge is 2.23. The number of nitrogens with one attached hydrogen (secondary N) is 1. The van der Waals surface area contributed by atoms with Crippen LogP contribution in [0, 0.1) is 0 Å². The highest BCUT2D eigenvalue weighted by atomic mass is 79.9.